The Morgan fingerprint density at radius 1 is 1.28 bits per heavy atom. The molecule has 0 spiro atoms. The third-order valence-electron chi connectivity index (χ3n) is 5.47. The van der Waals surface area contributed by atoms with Crippen molar-refractivity contribution in [3.8, 4) is 11.1 Å². The Labute approximate surface area is 145 Å². The Kier molecular flexibility index (Phi) is 3.82. The number of aromatic nitrogens is 1. The Hall–Kier alpha value is -2.30. The lowest BCUT2D eigenvalue weighted by molar-refractivity contribution is -0.124. The molecule has 0 bridgehead atoms. The maximum absolute atomic E-state index is 13.1. The van der Waals surface area contributed by atoms with E-state index in [2.05, 4.69) is 10.3 Å². The smallest absolute Gasteiger partial charge is 0.251 e. The second kappa shape index (κ2) is 5.90. The molecule has 2 aromatic rings. The summed E-state index contributed by atoms with van der Waals surface area (Å²) in [5.74, 6) is -3.18. The lowest BCUT2D eigenvalue weighted by Crippen LogP contribution is -2.36. The highest BCUT2D eigenvalue weighted by Crippen LogP contribution is 2.59. The second-order valence-electron chi connectivity index (χ2n) is 7.26. The van der Waals surface area contributed by atoms with Crippen LogP contribution in [0, 0.1) is 24.7 Å². The first-order valence-electron chi connectivity index (χ1n) is 8.64. The zero-order valence-electron chi connectivity index (χ0n) is 14.0. The third-order valence-corrected chi connectivity index (χ3v) is 5.47. The van der Waals surface area contributed by atoms with Crippen LogP contribution in [0.25, 0.3) is 11.1 Å². The summed E-state index contributed by atoms with van der Waals surface area (Å²) in [6, 6.07) is 9.63. The Balaban J connectivity index is 1.41. The number of halogens is 2. The van der Waals surface area contributed by atoms with E-state index in [0.717, 1.165) is 22.4 Å². The van der Waals surface area contributed by atoms with E-state index in [1.54, 1.807) is 12.4 Å². The van der Waals surface area contributed by atoms with E-state index in [9.17, 15) is 13.6 Å². The molecule has 1 aromatic heterocycles. The number of rotatable bonds is 4. The molecule has 2 aliphatic carbocycles. The van der Waals surface area contributed by atoms with Crippen LogP contribution in [0.4, 0.5) is 14.5 Å². The number of alkyl halides is 2. The lowest BCUT2D eigenvalue weighted by Gasteiger charge is -2.34. The lowest BCUT2D eigenvalue weighted by atomic mass is 9.71. The van der Waals surface area contributed by atoms with E-state index in [0.29, 0.717) is 12.8 Å². The second-order valence-corrected chi connectivity index (χ2v) is 7.26. The molecule has 0 aliphatic heterocycles. The van der Waals surface area contributed by atoms with Gasteiger partial charge in [0.2, 0.25) is 5.91 Å². The Morgan fingerprint density at radius 3 is 2.68 bits per heavy atom. The van der Waals surface area contributed by atoms with Crippen LogP contribution >= 0.6 is 0 Å². The predicted molar refractivity (Wildman–Crippen MR) is 92.3 cm³/mol. The van der Waals surface area contributed by atoms with Crippen molar-refractivity contribution in [2.24, 2.45) is 17.8 Å². The topological polar surface area (TPSA) is 42.0 Å². The SMILES string of the molecule is Cc1ccc(NC(=O)[C@H]2C[C@H](C3CC3(F)F)C2)cc1-c1cccnc1. The molecule has 0 saturated heterocycles. The molecule has 0 radical (unpaired) electrons. The van der Waals surface area contributed by atoms with Gasteiger partial charge in [-0.2, -0.15) is 0 Å². The van der Waals surface area contributed by atoms with Crippen LogP contribution in [0.5, 0.6) is 0 Å². The largest absolute Gasteiger partial charge is 0.326 e. The molecular weight excluding hydrogens is 322 g/mol. The molecule has 25 heavy (non-hydrogen) atoms. The Morgan fingerprint density at radius 2 is 2.04 bits per heavy atom. The molecule has 1 atom stereocenters. The molecule has 130 valence electrons. The number of benzene rings is 1. The highest BCUT2D eigenvalue weighted by molar-refractivity contribution is 5.94. The van der Waals surface area contributed by atoms with Crippen molar-refractivity contribution in [2.45, 2.75) is 32.1 Å². The fourth-order valence-electron chi connectivity index (χ4n) is 3.73. The van der Waals surface area contributed by atoms with Gasteiger partial charge in [-0.05, 0) is 55.0 Å². The predicted octanol–water partition coefficient (Wildman–Crippen LogP) is 4.68. The summed E-state index contributed by atoms with van der Waals surface area (Å²) in [7, 11) is 0. The van der Waals surface area contributed by atoms with Crippen molar-refractivity contribution in [1.29, 1.82) is 0 Å². The summed E-state index contributed by atoms with van der Waals surface area (Å²) in [6.07, 6.45) is 4.67. The number of hydrogen-bond acceptors (Lipinski definition) is 2. The first-order valence-corrected chi connectivity index (χ1v) is 8.64. The molecule has 1 heterocycles. The van der Waals surface area contributed by atoms with E-state index in [4.69, 9.17) is 0 Å². The van der Waals surface area contributed by atoms with Gasteiger partial charge in [-0.15, -0.1) is 0 Å². The standard InChI is InChI=1S/C20H20F2N2O/c1-12-4-5-16(9-17(12)13-3-2-6-23-11-13)24-19(25)15-7-14(8-15)18-10-20(18,21)22/h2-6,9,11,14-15,18H,7-8,10H2,1H3,(H,24,25)/t14-,15-,18?. The zero-order chi connectivity index (χ0) is 17.6. The van der Waals surface area contributed by atoms with Crippen LogP contribution in [0.3, 0.4) is 0 Å². The van der Waals surface area contributed by atoms with E-state index in [-0.39, 0.29) is 24.2 Å². The van der Waals surface area contributed by atoms with Crippen LogP contribution in [0.15, 0.2) is 42.7 Å². The van der Waals surface area contributed by atoms with Gasteiger partial charge in [0, 0.05) is 41.9 Å². The molecule has 3 nitrogen and oxygen atoms in total. The number of aryl methyl sites for hydroxylation is 1. The summed E-state index contributed by atoms with van der Waals surface area (Å²) in [4.78, 5) is 16.5. The zero-order valence-corrected chi connectivity index (χ0v) is 14.0. The summed E-state index contributed by atoms with van der Waals surface area (Å²) < 4.78 is 26.2. The van der Waals surface area contributed by atoms with Crippen molar-refractivity contribution in [3.63, 3.8) is 0 Å². The third kappa shape index (κ3) is 3.15. The van der Waals surface area contributed by atoms with Crippen molar-refractivity contribution in [3.05, 3.63) is 48.3 Å². The fraction of sp³-hybridized carbons (Fsp3) is 0.400. The van der Waals surface area contributed by atoms with Gasteiger partial charge in [0.05, 0.1) is 0 Å². The van der Waals surface area contributed by atoms with Crippen LogP contribution in [0.1, 0.15) is 24.8 Å². The van der Waals surface area contributed by atoms with Crippen LogP contribution < -0.4 is 5.32 Å². The summed E-state index contributed by atoms with van der Waals surface area (Å²) >= 11 is 0. The molecule has 5 heteroatoms. The van der Waals surface area contributed by atoms with Gasteiger partial charge in [0.25, 0.3) is 5.92 Å². The molecule has 4 rings (SSSR count). The number of amides is 1. The average molecular weight is 342 g/mol. The van der Waals surface area contributed by atoms with Crippen LogP contribution in [-0.2, 0) is 4.79 Å². The fourth-order valence-corrected chi connectivity index (χ4v) is 3.73. The number of nitrogens with zero attached hydrogens (tertiary/aromatic N) is 1. The number of carbonyl (C=O) groups is 1. The molecule has 1 aromatic carbocycles. The van der Waals surface area contributed by atoms with Gasteiger partial charge >= 0.3 is 0 Å². The van der Waals surface area contributed by atoms with E-state index in [1.165, 1.54) is 0 Å². The number of pyridine rings is 1. The molecule has 1 unspecified atom stereocenters. The van der Waals surface area contributed by atoms with Crippen LogP contribution in [0.2, 0.25) is 0 Å². The number of hydrogen-bond donors (Lipinski definition) is 1. The maximum Gasteiger partial charge on any atom is 0.251 e. The molecule has 1 N–H and O–H groups in total. The van der Waals surface area contributed by atoms with Gasteiger partial charge < -0.3 is 5.32 Å². The average Bonchev–Trinajstić information content (AvgIpc) is 3.16. The van der Waals surface area contributed by atoms with Crippen molar-refractivity contribution in [1.82, 2.24) is 4.98 Å². The highest BCUT2D eigenvalue weighted by Gasteiger charge is 2.62. The monoisotopic (exact) mass is 342 g/mol. The summed E-state index contributed by atoms with van der Waals surface area (Å²) in [5.41, 5.74) is 3.85. The molecule has 2 saturated carbocycles. The minimum absolute atomic E-state index is 0.00155. The van der Waals surface area contributed by atoms with Crippen LogP contribution in [-0.4, -0.2) is 16.8 Å². The van der Waals surface area contributed by atoms with Gasteiger partial charge in [0.15, 0.2) is 0 Å². The normalized spacial score (nSPS) is 26.6. The molecule has 2 aliphatic rings. The van der Waals surface area contributed by atoms with Gasteiger partial charge in [-0.3, -0.25) is 9.78 Å². The maximum atomic E-state index is 13.1. The quantitative estimate of drug-likeness (QED) is 0.877. The van der Waals surface area contributed by atoms with E-state index < -0.39 is 11.8 Å². The molecule has 2 fully saturated rings. The minimum atomic E-state index is -2.48. The number of anilines is 1. The van der Waals surface area contributed by atoms with E-state index >= 15 is 0 Å². The number of nitrogens with one attached hydrogen (secondary N) is 1. The number of carbonyl (C=O) groups excluding carboxylic acids is 1. The van der Waals surface area contributed by atoms with Gasteiger partial charge in [-0.1, -0.05) is 12.1 Å². The summed E-state index contributed by atoms with van der Waals surface area (Å²) in [6.45, 7) is 2.01. The van der Waals surface area contributed by atoms with Crippen molar-refractivity contribution < 1.29 is 13.6 Å². The molecule has 1 amide bonds. The summed E-state index contributed by atoms with van der Waals surface area (Å²) in [5, 5.41) is 2.94. The van der Waals surface area contributed by atoms with E-state index in [1.807, 2.05) is 37.3 Å². The minimum Gasteiger partial charge on any atom is -0.326 e. The molecular formula is C20H20F2N2O. The van der Waals surface area contributed by atoms with Gasteiger partial charge in [0.1, 0.15) is 0 Å². The van der Waals surface area contributed by atoms with Gasteiger partial charge in [-0.25, -0.2) is 8.78 Å². The highest BCUT2D eigenvalue weighted by atomic mass is 19.3. The van der Waals surface area contributed by atoms with Crippen molar-refractivity contribution in [2.75, 3.05) is 5.32 Å². The Bertz CT molecular complexity index is 801. The first-order chi connectivity index (χ1) is 11.9. The first kappa shape index (κ1) is 16.2. The van der Waals surface area contributed by atoms with Crippen molar-refractivity contribution >= 4 is 11.6 Å².